The van der Waals surface area contributed by atoms with E-state index in [1.54, 1.807) is 0 Å². The van der Waals surface area contributed by atoms with Crippen LogP contribution < -0.4 is 22.1 Å². The first-order valence-corrected chi connectivity index (χ1v) is 17.0. The number of aliphatic imine (C=N–C) groups is 1. The van der Waals surface area contributed by atoms with Crippen molar-refractivity contribution in [2.45, 2.75) is 133 Å². The second-order valence-corrected chi connectivity index (χ2v) is 15.1. The third-order valence-corrected chi connectivity index (χ3v) is 7.57. The maximum Gasteiger partial charge on any atom is 0.0606 e. The molecule has 5 nitrogen and oxygen atoms in total. The molecule has 0 saturated heterocycles. The lowest BCUT2D eigenvalue weighted by Gasteiger charge is -2.25. The predicted octanol–water partition coefficient (Wildman–Crippen LogP) is 8.71. The molecule has 0 aliphatic rings. The van der Waals surface area contributed by atoms with E-state index in [1.165, 1.54) is 44.5 Å². The third kappa shape index (κ3) is 17.8. The second-order valence-electron chi connectivity index (χ2n) is 15.1. The molecule has 0 heterocycles. The van der Waals surface area contributed by atoms with E-state index in [0.29, 0.717) is 18.4 Å². The molecular formula is C40H71N5. The summed E-state index contributed by atoms with van der Waals surface area (Å²) in [5, 5.41) is 6.47. The van der Waals surface area contributed by atoms with Crippen LogP contribution in [-0.4, -0.2) is 32.0 Å². The van der Waals surface area contributed by atoms with E-state index in [0.717, 1.165) is 32.0 Å². The molecule has 2 rings (SSSR count). The fourth-order valence-electron chi connectivity index (χ4n) is 4.51. The molecule has 0 aromatic heterocycles. The minimum Gasteiger partial charge on any atom is -0.326 e. The van der Waals surface area contributed by atoms with Gasteiger partial charge in [-0.1, -0.05) is 92.7 Å². The molecule has 0 aliphatic heterocycles. The Morgan fingerprint density at radius 1 is 0.844 bits per heavy atom. The van der Waals surface area contributed by atoms with Gasteiger partial charge in [-0.2, -0.15) is 0 Å². The molecule has 2 aromatic carbocycles. The van der Waals surface area contributed by atoms with E-state index < -0.39 is 0 Å². The number of hydrogen-bond donors (Lipinski definition) is 4. The lowest BCUT2D eigenvalue weighted by molar-refractivity contribution is 0.401. The van der Waals surface area contributed by atoms with Gasteiger partial charge in [0.2, 0.25) is 0 Å². The summed E-state index contributed by atoms with van der Waals surface area (Å²) in [5.41, 5.74) is 22.2. The molecule has 0 unspecified atom stereocenters. The molecular weight excluding hydrogens is 550 g/mol. The summed E-state index contributed by atoms with van der Waals surface area (Å²) >= 11 is 0. The molecule has 2 aromatic rings. The molecule has 0 aliphatic carbocycles. The van der Waals surface area contributed by atoms with Gasteiger partial charge in [-0.05, 0) is 128 Å². The van der Waals surface area contributed by atoms with Crippen LogP contribution in [0.4, 0.5) is 0 Å². The second kappa shape index (κ2) is 20.7. The SMILES string of the molecule is C/C=C\Cc1cc(C(C)(C)C)cc(CNC(C)(C)N)c1C.CNCC(C)C.Cc1c(C=NCC(C)C)cc(C(C)C)cc1CN. The van der Waals surface area contributed by atoms with Gasteiger partial charge in [-0.25, -0.2) is 0 Å². The molecule has 0 fully saturated rings. The number of nitrogens with zero attached hydrogens (tertiary/aromatic N) is 1. The van der Waals surface area contributed by atoms with E-state index in [9.17, 15) is 0 Å². The van der Waals surface area contributed by atoms with Gasteiger partial charge in [-0.3, -0.25) is 10.3 Å². The van der Waals surface area contributed by atoms with E-state index in [-0.39, 0.29) is 11.1 Å². The minimum absolute atomic E-state index is 0.158. The molecule has 0 radical (unpaired) electrons. The molecule has 0 atom stereocenters. The number of hydrogen-bond acceptors (Lipinski definition) is 5. The van der Waals surface area contributed by atoms with Crippen molar-refractivity contribution in [2.75, 3.05) is 20.1 Å². The van der Waals surface area contributed by atoms with Crippen molar-refractivity contribution in [3.05, 3.63) is 80.9 Å². The third-order valence-electron chi connectivity index (χ3n) is 7.57. The molecule has 0 amide bonds. The number of nitrogens with one attached hydrogen (secondary N) is 2. The molecule has 6 N–H and O–H groups in total. The van der Waals surface area contributed by atoms with Crippen LogP contribution in [0.15, 0.2) is 41.4 Å². The van der Waals surface area contributed by atoms with Gasteiger partial charge in [0.15, 0.2) is 0 Å². The van der Waals surface area contributed by atoms with Crippen molar-refractivity contribution in [2.24, 2.45) is 28.3 Å². The smallest absolute Gasteiger partial charge is 0.0606 e. The van der Waals surface area contributed by atoms with Gasteiger partial charge >= 0.3 is 0 Å². The van der Waals surface area contributed by atoms with Crippen molar-refractivity contribution in [1.29, 1.82) is 0 Å². The van der Waals surface area contributed by atoms with Crippen molar-refractivity contribution in [1.82, 2.24) is 10.6 Å². The Balaban J connectivity index is 0.000000735. The van der Waals surface area contributed by atoms with Gasteiger partial charge in [0.1, 0.15) is 0 Å². The highest BCUT2D eigenvalue weighted by Crippen LogP contribution is 2.28. The highest BCUT2D eigenvalue weighted by atomic mass is 15.1. The molecule has 256 valence electrons. The maximum atomic E-state index is 6.05. The van der Waals surface area contributed by atoms with Crippen molar-refractivity contribution in [3.63, 3.8) is 0 Å². The highest BCUT2D eigenvalue weighted by Gasteiger charge is 2.18. The Morgan fingerprint density at radius 2 is 1.44 bits per heavy atom. The van der Waals surface area contributed by atoms with Crippen molar-refractivity contribution < 1.29 is 0 Å². The van der Waals surface area contributed by atoms with E-state index in [2.05, 4.69) is 135 Å². The van der Waals surface area contributed by atoms with E-state index in [1.807, 2.05) is 27.1 Å². The average Bonchev–Trinajstić information content (AvgIpc) is 2.92. The van der Waals surface area contributed by atoms with Crippen LogP contribution in [0, 0.1) is 25.7 Å². The lowest BCUT2D eigenvalue weighted by atomic mass is 9.83. The van der Waals surface area contributed by atoms with Crippen LogP contribution in [0.3, 0.4) is 0 Å². The van der Waals surface area contributed by atoms with Crippen LogP contribution >= 0.6 is 0 Å². The van der Waals surface area contributed by atoms with Gasteiger partial charge < -0.3 is 16.8 Å². The largest absolute Gasteiger partial charge is 0.326 e. The Morgan fingerprint density at radius 3 is 1.87 bits per heavy atom. The number of nitrogens with two attached hydrogens (primary N) is 2. The van der Waals surface area contributed by atoms with Crippen molar-refractivity contribution in [3.8, 4) is 0 Å². The van der Waals surface area contributed by atoms with Crippen LogP contribution in [-0.2, 0) is 24.9 Å². The van der Waals surface area contributed by atoms with Crippen molar-refractivity contribution >= 4 is 6.21 Å². The number of allylic oxidation sites excluding steroid dienone is 2. The molecule has 0 saturated carbocycles. The molecule has 0 bridgehead atoms. The zero-order chi connectivity index (χ0) is 35.0. The van der Waals surface area contributed by atoms with E-state index in [4.69, 9.17) is 11.5 Å². The summed E-state index contributed by atoms with van der Waals surface area (Å²) in [6.45, 7) is 33.8. The number of rotatable bonds is 12. The summed E-state index contributed by atoms with van der Waals surface area (Å²) in [7, 11) is 1.97. The minimum atomic E-state index is -0.354. The number of benzene rings is 2. The summed E-state index contributed by atoms with van der Waals surface area (Å²) in [6, 6.07) is 9.14. The van der Waals surface area contributed by atoms with Gasteiger partial charge in [0.25, 0.3) is 0 Å². The summed E-state index contributed by atoms with van der Waals surface area (Å²) in [6.07, 6.45) is 7.33. The standard InChI is InChI=1S/C19H32N2.C16H26N2.C5H13N/c1-8-9-10-15-11-17(18(3,4)5)12-16(14(15)2)13-21-19(6,7)20;1-11(2)9-18-10-16-7-14(12(3)4)6-15(8-17)13(16)5;1-5(2)4-6-3/h8-9,11-12,21H,10,13,20H2,1-7H3;6-7,10-12H,8-9,17H2,1-5H3;5-6H,4H2,1-3H3/b9-8-;;. The highest BCUT2D eigenvalue weighted by molar-refractivity contribution is 5.82. The zero-order valence-corrected chi connectivity index (χ0v) is 31.9. The summed E-state index contributed by atoms with van der Waals surface area (Å²) in [4.78, 5) is 4.51. The Labute approximate surface area is 279 Å². The Kier molecular flexibility index (Phi) is 19.7. The molecule has 0 spiro atoms. The van der Waals surface area contributed by atoms with Crippen LogP contribution in [0.1, 0.15) is 134 Å². The quantitative estimate of drug-likeness (QED) is 0.108. The molecule has 5 heteroatoms. The van der Waals surface area contributed by atoms with Gasteiger partial charge in [0.05, 0.1) is 5.66 Å². The first kappa shape index (κ1) is 42.7. The first-order chi connectivity index (χ1) is 20.8. The zero-order valence-electron chi connectivity index (χ0n) is 31.9. The van der Waals surface area contributed by atoms with Gasteiger partial charge in [0, 0.05) is 25.8 Å². The topological polar surface area (TPSA) is 88.5 Å². The maximum absolute atomic E-state index is 6.05. The predicted molar refractivity (Wildman–Crippen MR) is 203 cm³/mol. The summed E-state index contributed by atoms with van der Waals surface area (Å²) < 4.78 is 0. The van der Waals surface area contributed by atoms with Crippen LogP contribution in [0.25, 0.3) is 0 Å². The Bertz CT molecular complexity index is 1170. The first-order valence-electron chi connectivity index (χ1n) is 17.0. The fraction of sp³-hybridized carbons (Fsp3) is 0.625. The van der Waals surface area contributed by atoms with Gasteiger partial charge in [-0.15, -0.1) is 0 Å². The normalized spacial score (nSPS) is 12.3. The summed E-state index contributed by atoms with van der Waals surface area (Å²) in [5.74, 6) is 1.91. The van der Waals surface area contributed by atoms with Crippen LogP contribution in [0.2, 0.25) is 0 Å². The van der Waals surface area contributed by atoms with E-state index >= 15 is 0 Å². The fourth-order valence-corrected chi connectivity index (χ4v) is 4.51. The lowest BCUT2D eigenvalue weighted by Crippen LogP contribution is -2.47. The average molecular weight is 622 g/mol. The van der Waals surface area contributed by atoms with Crippen LogP contribution in [0.5, 0.6) is 0 Å². The monoisotopic (exact) mass is 622 g/mol. The Hall–Kier alpha value is -2.31. The molecule has 45 heavy (non-hydrogen) atoms.